The minimum absolute atomic E-state index is 0.104. The van der Waals surface area contributed by atoms with Crippen molar-refractivity contribution in [1.82, 2.24) is 25.1 Å². The largest absolute Gasteiger partial charge is 0.352 e. The summed E-state index contributed by atoms with van der Waals surface area (Å²) in [7, 11) is 1.89. The van der Waals surface area contributed by atoms with Gasteiger partial charge in [0.25, 0.3) is 0 Å². The maximum Gasteiger partial charge on any atom is 0.244 e. The van der Waals surface area contributed by atoms with Crippen LogP contribution >= 0.6 is 0 Å². The fraction of sp³-hybridized carbons (Fsp3) is 0.357. The molecule has 0 saturated heterocycles. The lowest BCUT2D eigenvalue weighted by atomic mass is 10.2. The molecule has 0 aromatic carbocycles. The minimum atomic E-state index is -0.104. The van der Waals surface area contributed by atoms with Crippen molar-refractivity contribution < 1.29 is 4.79 Å². The van der Waals surface area contributed by atoms with Gasteiger partial charge in [0.2, 0.25) is 5.91 Å². The van der Waals surface area contributed by atoms with Crippen molar-refractivity contribution in [2.24, 2.45) is 7.05 Å². The molecule has 0 aliphatic carbocycles. The second kappa shape index (κ2) is 6.18. The predicted octanol–water partition coefficient (Wildman–Crippen LogP) is 1.13. The SMILES string of the molecule is Cc1nn(C)c(C)c1C=CC(=O)NCCc1cnc[nH]1. The van der Waals surface area contributed by atoms with Crippen LogP contribution < -0.4 is 5.32 Å². The number of carbonyl (C=O) groups excluding carboxylic acids is 1. The van der Waals surface area contributed by atoms with Gasteiger partial charge in [0, 0.05) is 49.2 Å². The Bertz CT molecular complexity index is 610. The van der Waals surface area contributed by atoms with E-state index in [4.69, 9.17) is 0 Å². The molecule has 6 nitrogen and oxygen atoms in total. The molecular weight excluding hydrogens is 254 g/mol. The van der Waals surface area contributed by atoms with Crippen molar-refractivity contribution in [3.63, 3.8) is 0 Å². The normalized spacial score (nSPS) is 11.2. The molecule has 0 saturated carbocycles. The fourth-order valence-electron chi connectivity index (χ4n) is 1.99. The number of imidazole rings is 1. The molecule has 6 heteroatoms. The van der Waals surface area contributed by atoms with Gasteiger partial charge in [-0.05, 0) is 19.9 Å². The van der Waals surface area contributed by atoms with Crippen molar-refractivity contribution in [3.8, 4) is 0 Å². The zero-order chi connectivity index (χ0) is 14.5. The Kier molecular flexibility index (Phi) is 4.34. The molecule has 0 aliphatic rings. The highest BCUT2D eigenvalue weighted by atomic mass is 16.1. The van der Waals surface area contributed by atoms with E-state index in [1.54, 1.807) is 18.6 Å². The van der Waals surface area contributed by atoms with E-state index in [9.17, 15) is 4.79 Å². The Morgan fingerprint density at radius 3 is 2.90 bits per heavy atom. The van der Waals surface area contributed by atoms with Crippen LogP contribution in [0.2, 0.25) is 0 Å². The zero-order valence-corrected chi connectivity index (χ0v) is 12.0. The van der Waals surface area contributed by atoms with Crippen LogP contribution in [0.15, 0.2) is 18.6 Å². The molecule has 20 heavy (non-hydrogen) atoms. The first-order valence-corrected chi connectivity index (χ1v) is 6.51. The summed E-state index contributed by atoms with van der Waals surface area (Å²) < 4.78 is 1.81. The van der Waals surface area contributed by atoms with Gasteiger partial charge in [-0.25, -0.2) is 4.98 Å². The van der Waals surface area contributed by atoms with E-state index >= 15 is 0 Å². The third-order valence-corrected chi connectivity index (χ3v) is 3.21. The number of hydrogen-bond acceptors (Lipinski definition) is 3. The molecule has 106 valence electrons. The lowest BCUT2D eigenvalue weighted by Gasteiger charge is -2.00. The molecule has 2 aromatic rings. The van der Waals surface area contributed by atoms with Gasteiger partial charge in [-0.15, -0.1) is 0 Å². The molecular formula is C14H19N5O. The summed E-state index contributed by atoms with van der Waals surface area (Å²) in [5, 5.41) is 7.14. The average molecular weight is 273 g/mol. The van der Waals surface area contributed by atoms with Gasteiger partial charge in [0.15, 0.2) is 0 Å². The maximum atomic E-state index is 11.7. The molecule has 0 unspecified atom stereocenters. The van der Waals surface area contributed by atoms with Crippen molar-refractivity contribution >= 4 is 12.0 Å². The van der Waals surface area contributed by atoms with E-state index < -0.39 is 0 Å². The van der Waals surface area contributed by atoms with E-state index in [0.29, 0.717) is 6.54 Å². The minimum Gasteiger partial charge on any atom is -0.352 e. The predicted molar refractivity (Wildman–Crippen MR) is 77.0 cm³/mol. The molecule has 0 atom stereocenters. The van der Waals surface area contributed by atoms with Crippen LogP contribution in [-0.2, 0) is 18.3 Å². The van der Waals surface area contributed by atoms with Crippen LogP contribution in [0.1, 0.15) is 22.6 Å². The van der Waals surface area contributed by atoms with Gasteiger partial charge < -0.3 is 10.3 Å². The number of carbonyl (C=O) groups is 1. The molecule has 0 bridgehead atoms. The number of H-pyrrole nitrogens is 1. The number of aryl methyl sites for hydroxylation is 2. The molecule has 2 rings (SSSR count). The van der Waals surface area contributed by atoms with Gasteiger partial charge >= 0.3 is 0 Å². The zero-order valence-electron chi connectivity index (χ0n) is 12.0. The van der Waals surface area contributed by atoms with Crippen LogP contribution in [0, 0.1) is 13.8 Å². The third kappa shape index (κ3) is 3.34. The van der Waals surface area contributed by atoms with Crippen LogP contribution in [0.5, 0.6) is 0 Å². The number of nitrogens with zero attached hydrogens (tertiary/aromatic N) is 3. The summed E-state index contributed by atoms with van der Waals surface area (Å²) >= 11 is 0. The highest BCUT2D eigenvalue weighted by Crippen LogP contribution is 2.13. The van der Waals surface area contributed by atoms with Crippen molar-refractivity contribution in [2.45, 2.75) is 20.3 Å². The third-order valence-electron chi connectivity index (χ3n) is 3.21. The van der Waals surface area contributed by atoms with Gasteiger partial charge in [0.05, 0.1) is 12.0 Å². The number of nitrogens with one attached hydrogen (secondary N) is 2. The summed E-state index contributed by atoms with van der Waals surface area (Å²) in [6, 6.07) is 0. The Balaban J connectivity index is 1.86. The monoisotopic (exact) mass is 273 g/mol. The topological polar surface area (TPSA) is 75.6 Å². The van der Waals surface area contributed by atoms with E-state index in [1.807, 2.05) is 31.7 Å². The molecule has 0 fully saturated rings. The summed E-state index contributed by atoms with van der Waals surface area (Å²) in [4.78, 5) is 18.6. The van der Waals surface area contributed by atoms with Crippen LogP contribution in [0.25, 0.3) is 6.08 Å². The molecule has 2 aromatic heterocycles. The lowest BCUT2D eigenvalue weighted by Crippen LogP contribution is -2.23. The molecule has 0 radical (unpaired) electrons. The molecule has 0 spiro atoms. The number of aromatic nitrogens is 4. The summed E-state index contributed by atoms with van der Waals surface area (Å²) in [5.74, 6) is -0.104. The van der Waals surface area contributed by atoms with E-state index in [0.717, 1.165) is 29.1 Å². The lowest BCUT2D eigenvalue weighted by molar-refractivity contribution is -0.116. The summed E-state index contributed by atoms with van der Waals surface area (Å²) in [6.07, 6.45) is 7.48. The van der Waals surface area contributed by atoms with E-state index in [2.05, 4.69) is 20.4 Å². The van der Waals surface area contributed by atoms with Gasteiger partial charge in [-0.3, -0.25) is 9.48 Å². The van der Waals surface area contributed by atoms with Gasteiger partial charge in [0.1, 0.15) is 0 Å². The van der Waals surface area contributed by atoms with E-state index in [1.165, 1.54) is 0 Å². The van der Waals surface area contributed by atoms with E-state index in [-0.39, 0.29) is 5.91 Å². The van der Waals surface area contributed by atoms with Crippen LogP contribution in [-0.4, -0.2) is 32.2 Å². The Labute approximate surface area is 117 Å². The van der Waals surface area contributed by atoms with Crippen molar-refractivity contribution in [2.75, 3.05) is 6.54 Å². The van der Waals surface area contributed by atoms with Gasteiger partial charge in [-0.2, -0.15) is 5.10 Å². The molecule has 0 aliphatic heterocycles. The fourth-order valence-corrected chi connectivity index (χ4v) is 1.99. The quantitative estimate of drug-likeness (QED) is 0.802. The highest BCUT2D eigenvalue weighted by Gasteiger charge is 2.06. The standard InChI is InChI=1S/C14H19N5O/c1-10-13(11(2)19(3)18-10)4-5-14(20)16-7-6-12-8-15-9-17-12/h4-5,8-9H,6-7H2,1-3H3,(H,15,17)(H,16,20). The van der Waals surface area contributed by atoms with Crippen LogP contribution in [0.3, 0.4) is 0 Å². The average Bonchev–Trinajstić information content (AvgIpc) is 2.98. The first kappa shape index (κ1) is 14.0. The maximum absolute atomic E-state index is 11.7. The summed E-state index contributed by atoms with van der Waals surface area (Å²) in [5.41, 5.74) is 3.97. The molecule has 1 amide bonds. The smallest absolute Gasteiger partial charge is 0.244 e. The first-order chi connectivity index (χ1) is 9.58. The Morgan fingerprint density at radius 2 is 2.30 bits per heavy atom. The van der Waals surface area contributed by atoms with Gasteiger partial charge in [-0.1, -0.05) is 0 Å². The number of rotatable bonds is 5. The molecule has 2 N–H and O–H groups in total. The summed E-state index contributed by atoms with van der Waals surface area (Å²) in [6.45, 7) is 4.50. The first-order valence-electron chi connectivity index (χ1n) is 6.51. The number of hydrogen-bond donors (Lipinski definition) is 2. The number of amides is 1. The second-order valence-corrected chi connectivity index (χ2v) is 4.66. The number of aromatic amines is 1. The molecule has 2 heterocycles. The Morgan fingerprint density at radius 1 is 1.50 bits per heavy atom. The van der Waals surface area contributed by atoms with Crippen molar-refractivity contribution in [1.29, 1.82) is 0 Å². The highest BCUT2D eigenvalue weighted by molar-refractivity contribution is 5.91. The van der Waals surface area contributed by atoms with Crippen LogP contribution in [0.4, 0.5) is 0 Å². The Hall–Kier alpha value is -2.37. The second-order valence-electron chi connectivity index (χ2n) is 4.66. The van der Waals surface area contributed by atoms with Crippen molar-refractivity contribution in [3.05, 3.63) is 41.2 Å².